The van der Waals surface area contributed by atoms with E-state index in [0.29, 0.717) is 0 Å². The van der Waals surface area contributed by atoms with Gasteiger partial charge < -0.3 is 9.15 Å². The summed E-state index contributed by atoms with van der Waals surface area (Å²) >= 11 is 0. The van der Waals surface area contributed by atoms with Crippen LogP contribution in [0, 0.1) is 6.92 Å². The molecule has 2 aromatic carbocycles. The van der Waals surface area contributed by atoms with Crippen molar-refractivity contribution in [2.45, 2.75) is 6.92 Å². The largest absolute Gasteiger partial charge is 0.468 e. The summed E-state index contributed by atoms with van der Waals surface area (Å²) in [6, 6.07) is 15.7. The first kappa shape index (κ1) is 9.97. The fraction of sp³-hybridized carbons (Fsp3) is 0.0667. The third-order valence-corrected chi connectivity index (χ3v) is 2.75. The normalized spacial score (nSPS) is 10.6. The Balaban J connectivity index is 1.98. The van der Waals surface area contributed by atoms with Crippen molar-refractivity contribution in [2.24, 2.45) is 0 Å². The van der Waals surface area contributed by atoms with Gasteiger partial charge in [-0.3, -0.25) is 0 Å². The summed E-state index contributed by atoms with van der Waals surface area (Å²) in [5.74, 6) is 2.58. The third-order valence-electron chi connectivity index (χ3n) is 2.75. The predicted molar refractivity (Wildman–Crippen MR) is 67.5 cm³/mol. The molecule has 3 rings (SSSR count). The van der Waals surface area contributed by atoms with Crippen LogP contribution in [-0.4, -0.2) is 0 Å². The van der Waals surface area contributed by atoms with Gasteiger partial charge in [0.15, 0.2) is 0 Å². The predicted octanol–water partition coefficient (Wildman–Crippen LogP) is 4.53. The van der Waals surface area contributed by atoms with Gasteiger partial charge in [0, 0.05) is 10.8 Å². The fourth-order valence-electron chi connectivity index (χ4n) is 1.85. The number of ether oxygens (including phenoxy) is 1. The number of aryl methyl sites for hydroxylation is 1. The van der Waals surface area contributed by atoms with Crippen molar-refractivity contribution in [1.29, 1.82) is 0 Å². The van der Waals surface area contributed by atoms with Gasteiger partial charge in [-0.2, -0.15) is 0 Å². The van der Waals surface area contributed by atoms with Crippen LogP contribution in [0.5, 0.6) is 11.5 Å². The molecule has 17 heavy (non-hydrogen) atoms. The topological polar surface area (TPSA) is 22.4 Å². The van der Waals surface area contributed by atoms with Gasteiger partial charge in [-0.1, -0.05) is 18.2 Å². The molecule has 0 radical (unpaired) electrons. The number of para-hydroxylation sites is 1. The van der Waals surface area contributed by atoms with Gasteiger partial charge >= 0.3 is 0 Å². The van der Waals surface area contributed by atoms with Gasteiger partial charge in [-0.15, -0.1) is 0 Å². The highest BCUT2D eigenvalue weighted by atomic mass is 16.5. The van der Waals surface area contributed by atoms with E-state index in [9.17, 15) is 0 Å². The first-order valence-electron chi connectivity index (χ1n) is 5.54. The van der Waals surface area contributed by atoms with Gasteiger partial charge in [0.2, 0.25) is 0 Å². The van der Waals surface area contributed by atoms with E-state index in [-0.39, 0.29) is 0 Å². The average molecular weight is 224 g/mol. The van der Waals surface area contributed by atoms with Crippen LogP contribution in [-0.2, 0) is 0 Å². The molecule has 1 heterocycles. The summed E-state index contributed by atoms with van der Waals surface area (Å²) < 4.78 is 11.1. The third kappa shape index (κ3) is 1.89. The Morgan fingerprint density at radius 3 is 2.59 bits per heavy atom. The zero-order valence-corrected chi connectivity index (χ0v) is 9.51. The molecular weight excluding hydrogens is 212 g/mol. The molecule has 0 aliphatic rings. The Morgan fingerprint density at radius 1 is 0.941 bits per heavy atom. The highest BCUT2D eigenvalue weighted by molar-refractivity contribution is 5.85. The number of hydrogen-bond acceptors (Lipinski definition) is 2. The Hall–Kier alpha value is -2.22. The number of hydrogen-bond donors (Lipinski definition) is 0. The van der Waals surface area contributed by atoms with E-state index in [1.165, 1.54) is 0 Å². The molecule has 2 heteroatoms. The van der Waals surface area contributed by atoms with E-state index in [2.05, 4.69) is 0 Å². The summed E-state index contributed by atoms with van der Waals surface area (Å²) in [6.07, 6.45) is 1.76. The molecule has 0 atom stereocenters. The molecule has 0 aliphatic carbocycles. The van der Waals surface area contributed by atoms with Crippen LogP contribution in [0.2, 0.25) is 0 Å². The SMILES string of the molecule is Cc1occ2ccc(Oc3ccccc3)cc12. The quantitative estimate of drug-likeness (QED) is 0.638. The second-order valence-corrected chi connectivity index (χ2v) is 3.96. The summed E-state index contributed by atoms with van der Waals surface area (Å²) in [5.41, 5.74) is 0. The Bertz CT molecular complexity index is 638. The van der Waals surface area contributed by atoms with Crippen molar-refractivity contribution in [2.75, 3.05) is 0 Å². The smallest absolute Gasteiger partial charge is 0.128 e. The van der Waals surface area contributed by atoms with Crippen LogP contribution in [0.25, 0.3) is 10.8 Å². The van der Waals surface area contributed by atoms with Gasteiger partial charge in [-0.25, -0.2) is 0 Å². The van der Waals surface area contributed by atoms with Crippen LogP contribution in [0.1, 0.15) is 5.76 Å². The second-order valence-electron chi connectivity index (χ2n) is 3.96. The minimum atomic E-state index is 0.827. The maximum atomic E-state index is 5.77. The van der Waals surface area contributed by atoms with Gasteiger partial charge in [0.25, 0.3) is 0 Å². The molecule has 0 saturated heterocycles. The summed E-state index contributed by atoms with van der Waals surface area (Å²) in [6.45, 7) is 1.95. The number of furan rings is 1. The van der Waals surface area contributed by atoms with Gasteiger partial charge in [-0.05, 0) is 37.3 Å². The second kappa shape index (κ2) is 3.98. The van der Waals surface area contributed by atoms with Crippen molar-refractivity contribution >= 4 is 10.8 Å². The molecule has 0 fully saturated rings. The lowest BCUT2D eigenvalue weighted by Gasteiger charge is -2.05. The number of fused-ring (bicyclic) bond motifs is 1. The highest BCUT2D eigenvalue weighted by Crippen LogP contribution is 2.28. The molecule has 3 aromatic rings. The van der Waals surface area contributed by atoms with Crippen LogP contribution in [0.3, 0.4) is 0 Å². The molecule has 0 aliphatic heterocycles. The first-order valence-corrected chi connectivity index (χ1v) is 5.54. The van der Waals surface area contributed by atoms with Crippen molar-refractivity contribution in [1.82, 2.24) is 0 Å². The minimum absolute atomic E-state index is 0.827. The standard InChI is InChI=1S/C15H12O2/c1-11-15-9-14(8-7-12(15)10-16-11)17-13-5-3-2-4-6-13/h2-10H,1H3. The van der Waals surface area contributed by atoms with E-state index in [4.69, 9.17) is 9.15 Å². The van der Waals surface area contributed by atoms with Crippen LogP contribution in [0.4, 0.5) is 0 Å². The molecule has 0 amide bonds. The maximum absolute atomic E-state index is 5.77. The van der Waals surface area contributed by atoms with E-state index in [0.717, 1.165) is 28.0 Å². The highest BCUT2D eigenvalue weighted by Gasteiger charge is 2.04. The molecule has 1 aromatic heterocycles. The van der Waals surface area contributed by atoms with Crippen molar-refractivity contribution < 1.29 is 9.15 Å². The van der Waals surface area contributed by atoms with E-state index in [1.54, 1.807) is 6.26 Å². The fourth-order valence-corrected chi connectivity index (χ4v) is 1.85. The Labute approximate surface area is 99.4 Å². The zero-order valence-electron chi connectivity index (χ0n) is 9.51. The Morgan fingerprint density at radius 2 is 1.76 bits per heavy atom. The summed E-state index contributed by atoms with van der Waals surface area (Å²) in [5, 5.41) is 2.20. The lowest BCUT2D eigenvalue weighted by Crippen LogP contribution is -1.83. The molecule has 0 saturated carbocycles. The molecule has 0 bridgehead atoms. The first-order chi connectivity index (χ1) is 8.33. The van der Waals surface area contributed by atoms with Crippen LogP contribution < -0.4 is 4.74 Å². The molecule has 0 N–H and O–H groups in total. The minimum Gasteiger partial charge on any atom is -0.468 e. The van der Waals surface area contributed by atoms with E-state index in [1.807, 2.05) is 55.5 Å². The summed E-state index contributed by atoms with van der Waals surface area (Å²) in [4.78, 5) is 0. The van der Waals surface area contributed by atoms with Crippen molar-refractivity contribution in [3.05, 3.63) is 60.6 Å². The van der Waals surface area contributed by atoms with Gasteiger partial charge in [0.1, 0.15) is 17.3 Å². The zero-order chi connectivity index (χ0) is 11.7. The summed E-state index contributed by atoms with van der Waals surface area (Å²) in [7, 11) is 0. The van der Waals surface area contributed by atoms with Crippen LogP contribution >= 0.6 is 0 Å². The van der Waals surface area contributed by atoms with Crippen molar-refractivity contribution in [3.8, 4) is 11.5 Å². The van der Waals surface area contributed by atoms with E-state index < -0.39 is 0 Å². The molecule has 0 unspecified atom stereocenters. The maximum Gasteiger partial charge on any atom is 0.128 e. The van der Waals surface area contributed by atoms with Crippen LogP contribution in [0.15, 0.2) is 59.2 Å². The molecule has 0 spiro atoms. The van der Waals surface area contributed by atoms with E-state index >= 15 is 0 Å². The Kier molecular flexibility index (Phi) is 2.33. The lowest BCUT2D eigenvalue weighted by molar-refractivity contribution is 0.483. The molecule has 84 valence electrons. The average Bonchev–Trinajstić information content (AvgIpc) is 2.73. The molecule has 2 nitrogen and oxygen atoms in total. The lowest BCUT2D eigenvalue weighted by atomic mass is 10.2. The molecular formula is C15H12O2. The van der Waals surface area contributed by atoms with Crippen molar-refractivity contribution in [3.63, 3.8) is 0 Å². The number of benzene rings is 2. The number of rotatable bonds is 2. The van der Waals surface area contributed by atoms with Gasteiger partial charge in [0.05, 0.1) is 6.26 Å². The monoisotopic (exact) mass is 224 g/mol.